The van der Waals surface area contributed by atoms with E-state index in [-0.39, 0.29) is 11.7 Å². The Morgan fingerprint density at radius 2 is 2.30 bits per heavy atom. The zero-order valence-electron chi connectivity index (χ0n) is 11.1. The maximum absolute atomic E-state index is 11.1. The molecule has 2 aliphatic rings. The number of carbonyl (C=O) groups excluding carboxylic acids is 1. The van der Waals surface area contributed by atoms with Crippen molar-refractivity contribution < 1.29 is 19.0 Å². The lowest BCUT2D eigenvalue weighted by Gasteiger charge is -2.37. The van der Waals surface area contributed by atoms with Crippen molar-refractivity contribution in [3.8, 4) is 5.75 Å². The van der Waals surface area contributed by atoms with E-state index in [0.717, 1.165) is 36.6 Å². The molecule has 5 heteroatoms. The molecule has 0 amide bonds. The van der Waals surface area contributed by atoms with E-state index in [1.54, 1.807) is 6.07 Å². The first-order chi connectivity index (χ1) is 9.72. The fraction of sp³-hybridized carbons (Fsp3) is 0.533. The number of hydrogen-bond acceptors (Lipinski definition) is 4. The number of rotatable bonds is 3. The summed E-state index contributed by atoms with van der Waals surface area (Å²) in [5.74, 6) is 0.628. The minimum absolute atomic E-state index is 0.0582. The van der Waals surface area contributed by atoms with Crippen LogP contribution in [0.4, 0.5) is 0 Å². The van der Waals surface area contributed by atoms with Gasteiger partial charge >= 0.3 is 0 Å². The second kappa shape index (κ2) is 5.84. The monoisotopic (exact) mass is 340 g/mol. The van der Waals surface area contributed by atoms with Gasteiger partial charge in [-0.3, -0.25) is 4.79 Å². The number of hydrogen-bond donors (Lipinski definition) is 0. The van der Waals surface area contributed by atoms with Crippen molar-refractivity contribution in [3.63, 3.8) is 0 Å². The lowest BCUT2D eigenvalue weighted by Crippen LogP contribution is -2.44. The zero-order chi connectivity index (χ0) is 14.0. The minimum Gasteiger partial charge on any atom is -0.488 e. The highest BCUT2D eigenvalue weighted by Gasteiger charge is 2.42. The lowest BCUT2D eigenvalue weighted by molar-refractivity contribution is -0.112. The van der Waals surface area contributed by atoms with Crippen LogP contribution in [-0.2, 0) is 9.47 Å². The molecule has 2 atom stereocenters. The van der Waals surface area contributed by atoms with Crippen molar-refractivity contribution in [2.75, 3.05) is 19.8 Å². The predicted octanol–water partition coefficient (Wildman–Crippen LogP) is 2.98. The molecule has 0 N–H and O–H groups in total. The Morgan fingerprint density at radius 1 is 1.40 bits per heavy atom. The Kier molecular flexibility index (Phi) is 4.10. The molecule has 2 aliphatic heterocycles. The Morgan fingerprint density at radius 3 is 3.05 bits per heavy atom. The molecule has 0 radical (unpaired) electrons. The molecule has 1 spiro atoms. The van der Waals surface area contributed by atoms with Gasteiger partial charge in [0.25, 0.3) is 0 Å². The van der Waals surface area contributed by atoms with Crippen LogP contribution in [0.2, 0.25) is 0 Å². The van der Waals surface area contributed by atoms with E-state index in [0.29, 0.717) is 24.5 Å². The van der Waals surface area contributed by atoms with Crippen LogP contribution in [0.15, 0.2) is 22.7 Å². The smallest absolute Gasteiger partial charge is 0.153 e. The van der Waals surface area contributed by atoms with Gasteiger partial charge < -0.3 is 14.2 Å². The van der Waals surface area contributed by atoms with Crippen molar-refractivity contribution >= 4 is 22.2 Å². The summed E-state index contributed by atoms with van der Waals surface area (Å²) in [6.07, 6.45) is 3.45. The third-order valence-corrected chi connectivity index (χ3v) is 4.55. The number of benzene rings is 1. The normalized spacial score (nSPS) is 29.6. The predicted molar refractivity (Wildman–Crippen MR) is 77.3 cm³/mol. The Hall–Kier alpha value is -0.910. The van der Waals surface area contributed by atoms with Crippen LogP contribution in [0, 0.1) is 0 Å². The van der Waals surface area contributed by atoms with Crippen molar-refractivity contribution in [1.82, 2.24) is 0 Å². The average molecular weight is 341 g/mol. The Bertz CT molecular complexity index is 497. The zero-order valence-corrected chi connectivity index (χ0v) is 12.7. The van der Waals surface area contributed by atoms with Gasteiger partial charge in [0.05, 0.1) is 28.9 Å². The largest absolute Gasteiger partial charge is 0.488 e. The van der Waals surface area contributed by atoms with E-state index < -0.39 is 0 Å². The average Bonchev–Trinajstić information content (AvgIpc) is 2.89. The summed E-state index contributed by atoms with van der Waals surface area (Å²) >= 11 is 3.45. The van der Waals surface area contributed by atoms with Crippen molar-refractivity contribution in [1.29, 1.82) is 0 Å². The molecule has 0 aliphatic carbocycles. The number of para-hydroxylation sites is 1. The highest BCUT2D eigenvalue weighted by atomic mass is 79.9. The maximum atomic E-state index is 11.1. The van der Waals surface area contributed by atoms with Gasteiger partial charge in [0.1, 0.15) is 11.9 Å². The number of halogens is 1. The molecule has 0 aromatic heterocycles. The summed E-state index contributed by atoms with van der Waals surface area (Å²) in [6, 6.07) is 5.48. The van der Waals surface area contributed by atoms with Gasteiger partial charge in [0.15, 0.2) is 6.29 Å². The molecule has 3 rings (SSSR count). The molecule has 2 saturated heterocycles. The number of aldehydes is 1. The first-order valence-corrected chi connectivity index (χ1v) is 7.64. The minimum atomic E-state index is -0.189. The molecule has 0 saturated carbocycles. The van der Waals surface area contributed by atoms with Crippen molar-refractivity contribution in [3.05, 3.63) is 28.2 Å². The molecule has 2 fully saturated rings. The standard InChI is InChI=1S/C15H17BrO4/c16-13-3-1-2-11(9-17)14(13)20-12-4-6-19-15(8-12)5-7-18-10-15/h1-3,9,12H,4-8,10H2. The summed E-state index contributed by atoms with van der Waals surface area (Å²) in [5.41, 5.74) is 0.383. The van der Waals surface area contributed by atoms with E-state index in [1.807, 2.05) is 12.1 Å². The number of carbonyl (C=O) groups is 1. The Balaban J connectivity index is 1.76. The van der Waals surface area contributed by atoms with Gasteiger partial charge in [0.2, 0.25) is 0 Å². The first kappa shape index (κ1) is 14.0. The van der Waals surface area contributed by atoms with E-state index in [2.05, 4.69) is 15.9 Å². The second-order valence-corrected chi connectivity index (χ2v) is 6.20. The summed E-state index contributed by atoms with van der Waals surface area (Å²) in [4.78, 5) is 11.1. The quantitative estimate of drug-likeness (QED) is 0.793. The van der Waals surface area contributed by atoms with E-state index in [4.69, 9.17) is 14.2 Å². The Labute approximate surface area is 126 Å². The SMILES string of the molecule is O=Cc1cccc(Br)c1OC1CCOC2(CCOC2)C1. The second-order valence-electron chi connectivity index (χ2n) is 5.34. The molecule has 2 unspecified atom stereocenters. The lowest BCUT2D eigenvalue weighted by atomic mass is 9.91. The molecule has 4 nitrogen and oxygen atoms in total. The van der Waals surface area contributed by atoms with Gasteiger partial charge in [0, 0.05) is 25.9 Å². The van der Waals surface area contributed by atoms with Gasteiger partial charge in [-0.1, -0.05) is 6.07 Å². The van der Waals surface area contributed by atoms with Crippen LogP contribution >= 0.6 is 15.9 Å². The van der Waals surface area contributed by atoms with Crippen LogP contribution in [0.1, 0.15) is 29.6 Å². The van der Waals surface area contributed by atoms with E-state index >= 15 is 0 Å². The van der Waals surface area contributed by atoms with Crippen LogP contribution < -0.4 is 4.74 Å². The first-order valence-electron chi connectivity index (χ1n) is 6.84. The molecule has 1 aromatic carbocycles. The van der Waals surface area contributed by atoms with Crippen molar-refractivity contribution in [2.45, 2.75) is 31.0 Å². The topological polar surface area (TPSA) is 44.8 Å². The van der Waals surface area contributed by atoms with Crippen molar-refractivity contribution in [2.24, 2.45) is 0 Å². The van der Waals surface area contributed by atoms with Crippen LogP contribution in [0.3, 0.4) is 0 Å². The highest BCUT2D eigenvalue weighted by Crippen LogP contribution is 2.36. The fourth-order valence-electron chi connectivity index (χ4n) is 2.86. The van der Waals surface area contributed by atoms with Gasteiger partial charge in [-0.2, -0.15) is 0 Å². The molecule has 0 bridgehead atoms. The molecular formula is C15H17BrO4. The van der Waals surface area contributed by atoms with Crippen LogP contribution in [-0.4, -0.2) is 37.8 Å². The highest BCUT2D eigenvalue weighted by molar-refractivity contribution is 9.10. The maximum Gasteiger partial charge on any atom is 0.153 e. The molecule has 108 valence electrons. The molecule has 20 heavy (non-hydrogen) atoms. The van der Waals surface area contributed by atoms with Gasteiger partial charge in [-0.25, -0.2) is 0 Å². The third-order valence-electron chi connectivity index (χ3n) is 3.92. The summed E-state index contributed by atoms with van der Waals surface area (Å²) in [7, 11) is 0. The van der Waals surface area contributed by atoms with E-state index in [1.165, 1.54) is 0 Å². The van der Waals surface area contributed by atoms with E-state index in [9.17, 15) is 4.79 Å². The molecular weight excluding hydrogens is 324 g/mol. The molecule has 1 aromatic rings. The summed E-state index contributed by atoms with van der Waals surface area (Å²) < 4.78 is 18.2. The third kappa shape index (κ3) is 2.75. The fourth-order valence-corrected chi connectivity index (χ4v) is 3.33. The van der Waals surface area contributed by atoms with Crippen LogP contribution in [0.25, 0.3) is 0 Å². The summed E-state index contributed by atoms with van der Waals surface area (Å²) in [6.45, 7) is 2.07. The summed E-state index contributed by atoms with van der Waals surface area (Å²) in [5, 5.41) is 0. The molecule has 2 heterocycles. The number of ether oxygens (including phenoxy) is 3. The van der Waals surface area contributed by atoms with Crippen LogP contribution in [0.5, 0.6) is 5.75 Å². The van der Waals surface area contributed by atoms with Gasteiger partial charge in [-0.15, -0.1) is 0 Å². The van der Waals surface area contributed by atoms with Gasteiger partial charge in [-0.05, 0) is 28.1 Å².